The first-order valence-electron chi connectivity index (χ1n) is 7.55. The minimum atomic E-state index is -1.36. The lowest BCUT2D eigenvalue weighted by molar-refractivity contribution is -0.301. The summed E-state index contributed by atoms with van der Waals surface area (Å²) in [6, 6.07) is 0. The summed E-state index contributed by atoms with van der Waals surface area (Å²) in [7, 11) is 0. The van der Waals surface area contributed by atoms with Crippen LogP contribution >= 0.6 is 0 Å². The lowest BCUT2D eigenvalue weighted by Gasteiger charge is -2.39. The van der Waals surface area contributed by atoms with Crippen molar-refractivity contribution in [3.8, 4) is 0 Å². The maximum Gasteiger partial charge on any atom is 0.186 e. The molecule has 5 atom stereocenters. The SMILES string of the molecule is OC[C@H]1O[C@H](OCCC2CCCCC2)[C@@H](O)[C@@H](O)[C@@H]1O. The van der Waals surface area contributed by atoms with Crippen molar-refractivity contribution in [1.82, 2.24) is 0 Å². The molecule has 0 aromatic heterocycles. The van der Waals surface area contributed by atoms with Crippen molar-refractivity contribution < 1.29 is 29.9 Å². The zero-order chi connectivity index (χ0) is 14.5. The first kappa shape index (κ1) is 16.1. The fraction of sp³-hybridized carbons (Fsp3) is 1.00. The minimum absolute atomic E-state index is 0.423. The van der Waals surface area contributed by atoms with Crippen molar-refractivity contribution in [1.29, 1.82) is 0 Å². The molecule has 1 heterocycles. The minimum Gasteiger partial charge on any atom is -0.394 e. The average Bonchev–Trinajstić information content (AvgIpc) is 2.48. The predicted octanol–water partition coefficient (Wildman–Crippen LogP) is -0.227. The summed E-state index contributed by atoms with van der Waals surface area (Å²) >= 11 is 0. The number of aliphatic hydroxyl groups excluding tert-OH is 4. The molecule has 0 spiro atoms. The topological polar surface area (TPSA) is 99.4 Å². The molecule has 0 aromatic carbocycles. The second-order valence-corrected chi connectivity index (χ2v) is 5.86. The quantitative estimate of drug-likeness (QED) is 0.558. The first-order valence-corrected chi connectivity index (χ1v) is 7.55. The van der Waals surface area contributed by atoms with Crippen LogP contribution in [0.25, 0.3) is 0 Å². The molecule has 6 nitrogen and oxygen atoms in total. The van der Waals surface area contributed by atoms with E-state index in [9.17, 15) is 15.3 Å². The highest BCUT2D eigenvalue weighted by Gasteiger charge is 2.43. The Balaban J connectivity index is 1.76. The molecule has 1 aliphatic heterocycles. The lowest BCUT2D eigenvalue weighted by atomic mass is 9.87. The molecule has 2 rings (SSSR count). The number of rotatable bonds is 5. The van der Waals surface area contributed by atoms with Gasteiger partial charge in [0, 0.05) is 0 Å². The van der Waals surface area contributed by atoms with E-state index in [2.05, 4.69) is 0 Å². The molecule has 20 heavy (non-hydrogen) atoms. The molecule has 4 N–H and O–H groups in total. The van der Waals surface area contributed by atoms with Crippen LogP contribution in [-0.2, 0) is 9.47 Å². The highest BCUT2D eigenvalue weighted by molar-refractivity contribution is 4.88. The van der Waals surface area contributed by atoms with Gasteiger partial charge in [-0.1, -0.05) is 32.1 Å². The molecule has 0 unspecified atom stereocenters. The van der Waals surface area contributed by atoms with E-state index in [1.54, 1.807) is 0 Å². The van der Waals surface area contributed by atoms with Gasteiger partial charge in [0.1, 0.15) is 24.4 Å². The van der Waals surface area contributed by atoms with Gasteiger partial charge in [0.2, 0.25) is 0 Å². The Labute approximate surface area is 119 Å². The second-order valence-electron chi connectivity index (χ2n) is 5.86. The number of hydrogen-bond acceptors (Lipinski definition) is 6. The summed E-state index contributed by atoms with van der Waals surface area (Å²) in [4.78, 5) is 0. The molecular weight excluding hydrogens is 264 g/mol. The zero-order valence-corrected chi connectivity index (χ0v) is 11.7. The Morgan fingerprint density at radius 1 is 0.950 bits per heavy atom. The van der Waals surface area contributed by atoms with Crippen LogP contribution in [0.4, 0.5) is 0 Å². The molecule has 1 saturated carbocycles. The van der Waals surface area contributed by atoms with Crippen LogP contribution in [0, 0.1) is 5.92 Å². The summed E-state index contributed by atoms with van der Waals surface area (Å²) in [5, 5.41) is 38.2. The molecule has 0 aromatic rings. The van der Waals surface area contributed by atoms with Gasteiger partial charge in [0.05, 0.1) is 13.2 Å². The molecule has 2 fully saturated rings. The molecule has 2 aliphatic rings. The van der Waals surface area contributed by atoms with E-state index in [4.69, 9.17) is 14.6 Å². The van der Waals surface area contributed by atoms with Crippen LogP contribution in [0.1, 0.15) is 38.5 Å². The molecule has 6 heteroatoms. The molecule has 118 valence electrons. The Hall–Kier alpha value is -0.240. The molecule has 0 bridgehead atoms. The predicted molar refractivity (Wildman–Crippen MR) is 70.9 cm³/mol. The van der Waals surface area contributed by atoms with E-state index in [1.807, 2.05) is 0 Å². The molecule has 0 amide bonds. The van der Waals surface area contributed by atoms with E-state index < -0.39 is 37.3 Å². The fourth-order valence-electron chi connectivity index (χ4n) is 3.03. The van der Waals surface area contributed by atoms with Crippen molar-refractivity contribution in [2.24, 2.45) is 5.92 Å². The van der Waals surface area contributed by atoms with Crippen molar-refractivity contribution in [3.63, 3.8) is 0 Å². The van der Waals surface area contributed by atoms with Crippen LogP contribution in [0.2, 0.25) is 0 Å². The Morgan fingerprint density at radius 2 is 1.65 bits per heavy atom. The van der Waals surface area contributed by atoms with E-state index in [0.717, 1.165) is 6.42 Å². The van der Waals surface area contributed by atoms with Gasteiger partial charge in [0.25, 0.3) is 0 Å². The average molecular weight is 290 g/mol. The standard InChI is InChI=1S/C14H26O6/c15-8-10-11(16)12(17)13(18)14(20-10)19-7-6-9-4-2-1-3-5-9/h9-18H,1-8H2/t10-,11-,12+,13+,14+/m1/s1. The van der Waals surface area contributed by atoms with Gasteiger partial charge in [0.15, 0.2) is 6.29 Å². The van der Waals surface area contributed by atoms with Gasteiger partial charge in [-0.05, 0) is 12.3 Å². The number of hydrogen-bond donors (Lipinski definition) is 4. The number of aliphatic hydroxyl groups is 4. The summed E-state index contributed by atoms with van der Waals surface area (Å²) in [5.41, 5.74) is 0. The van der Waals surface area contributed by atoms with Gasteiger partial charge < -0.3 is 29.9 Å². The monoisotopic (exact) mass is 290 g/mol. The summed E-state index contributed by atoms with van der Waals surface area (Å²) in [6.45, 7) is 0.0286. The van der Waals surface area contributed by atoms with E-state index in [0.29, 0.717) is 12.5 Å². The lowest BCUT2D eigenvalue weighted by Crippen LogP contribution is -2.59. The van der Waals surface area contributed by atoms with Gasteiger partial charge in [-0.2, -0.15) is 0 Å². The van der Waals surface area contributed by atoms with E-state index in [-0.39, 0.29) is 0 Å². The first-order chi connectivity index (χ1) is 9.63. The van der Waals surface area contributed by atoms with Gasteiger partial charge in [-0.25, -0.2) is 0 Å². The maximum atomic E-state index is 9.82. The van der Waals surface area contributed by atoms with Crippen LogP contribution in [0.3, 0.4) is 0 Å². The van der Waals surface area contributed by atoms with Crippen molar-refractivity contribution in [3.05, 3.63) is 0 Å². The number of ether oxygens (including phenoxy) is 2. The Kier molecular flexibility index (Phi) is 6.20. The third-order valence-electron chi connectivity index (χ3n) is 4.38. The largest absolute Gasteiger partial charge is 0.394 e. The normalized spacial score (nSPS) is 39.9. The van der Waals surface area contributed by atoms with E-state index >= 15 is 0 Å². The summed E-state index contributed by atoms with van der Waals surface area (Å²) in [5.74, 6) is 0.661. The highest BCUT2D eigenvalue weighted by Crippen LogP contribution is 2.27. The van der Waals surface area contributed by atoms with E-state index in [1.165, 1.54) is 32.1 Å². The second kappa shape index (κ2) is 7.68. The van der Waals surface area contributed by atoms with Gasteiger partial charge in [-0.15, -0.1) is 0 Å². The zero-order valence-electron chi connectivity index (χ0n) is 11.7. The third-order valence-corrected chi connectivity index (χ3v) is 4.38. The molecule has 1 aliphatic carbocycles. The van der Waals surface area contributed by atoms with Gasteiger partial charge in [-0.3, -0.25) is 0 Å². The van der Waals surface area contributed by atoms with Crippen molar-refractivity contribution in [2.45, 2.75) is 69.2 Å². The maximum absolute atomic E-state index is 9.82. The van der Waals surface area contributed by atoms with Crippen LogP contribution < -0.4 is 0 Å². The molecular formula is C14H26O6. The smallest absolute Gasteiger partial charge is 0.186 e. The molecule has 1 saturated heterocycles. The van der Waals surface area contributed by atoms with Crippen molar-refractivity contribution >= 4 is 0 Å². The highest BCUT2D eigenvalue weighted by atomic mass is 16.7. The Bertz CT molecular complexity index is 279. The summed E-state index contributed by atoms with van der Waals surface area (Å²) in [6.07, 6.45) is 1.33. The van der Waals surface area contributed by atoms with Crippen molar-refractivity contribution in [2.75, 3.05) is 13.2 Å². The van der Waals surface area contributed by atoms with Crippen LogP contribution in [0.5, 0.6) is 0 Å². The summed E-state index contributed by atoms with van der Waals surface area (Å²) < 4.78 is 10.8. The van der Waals surface area contributed by atoms with Crippen LogP contribution in [0.15, 0.2) is 0 Å². The third kappa shape index (κ3) is 3.90. The van der Waals surface area contributed by atoms with Crippen LogP contribution in [-0.4, -0.2) is 64.3 Å². The molecule has 0 radical (unpaired) electrons. The Morgan fingerprint density at radius 3 is 2.30 bits per heavy atom. The van der Waals surface area contributed by atoms with Gasteiger partial charge >= 0.3 is 0 Å². The fourth-order valence-corrected chi connectivity index (χ4v) is 3.03.